The fourth-order valence-corrected chi connectivity index (χ4v) is 4.84. The molecule has 0 unspecified atom stereocenters. The third-order valence-electron chi connectivity index (χ3n) is 6.12. The van der Waals surface area contributed by atoms with E-state index in [0.29, 0.717) is 34.8 Å². The zero-order valence-electron chi connectivity index (χ0n) is 20.5. The summed E-state index contributed by atoms with van der Waals surface area (Å²) >= 11 is 1.27. The molecule has 2 heterocycles. The number of anilines is 1. The number of carbonyl (C=O) groups excluding carboxylic acids is 4. The lowest BCUT2D eigenvalue weighted by Crippen LogP contribution is -2.48. The minimum absolute atomic E-state index is 0.0653. The number of hydrogen-bond acceptors (Lipinski definition) is 6. The molecule has 192 valence electrons. The minimum Gasteiger partial charge on any atom is -0.376 e. The van der Waals surface area contributed by atoms with Crippen LogP contribution in [0.4, 0.5) is 5.69 Å². The summed E-state index contributed by atoms with van der Waals surface area (Å²) in [6, 6.07) is 17.9. The van der Waals surface area contributed by atoms with E-state index in [2.05, 4.69) is 10.6 Å². The lowest BCUT2D eigenvalue weighted by Gasteiger charge is -2.32. The first-order chi connectivity index (χ1) is 17.9. The van der Waals surface area contributed by atoms with Crippen molar-refractivity contribution < 1.29 is 23.9 Å². The lowest BCUT2D eigenvalue weighted by molar-refractivity contribution is -0.126. The van der Waals surface area contributed by atoms with E-state index < -0.39 is 11.9 Å². The molecule has 1 aliphatic rings. The Balaban J connectivity index is 1.65. The van der Waals surface area contributed by atoms with Crippen molar-refractivity contribution in [3.8, 4) is 0 Å². The second kappa shape index (κ2) is 12.4. The van der Waals surface area contributed by atoms with Crippen molar-refractivity contribution >= 4 is 40.5 Å². The number of nitrogens with one attached hydrogen (secondary N) is 2. The topological polar surface area (TPSA) is 105 Å². The quantitative estimate of drug-likeness (QED) is 0.397. The number of rotatable bonds is 10. The second-order valence-electron chi connectivity index (χ2n) is 8.72. The molecule has 0 spiro atoms. The SMILES string of the molecule is CC(=O)c1ccc(N(C(=O)CNC(=O)c2cccs2)[C@H](C(=O)NC[C@H]2CCCO2)c2ccccc2)cc1. The largest absolute Gasteiger partial charge is 0.376 e. The number of ether oxygens (including phenoxy) is 1. The number of nitrogens with zero attached hydrogens (tertiary/aromatic N) is 1. The molecule has 1 saturated heterocycles. The van der Waals surface area contributed by atoms with Crippen LogP contribution in [0.3, 0.4) is 0 Å². The van der Waals surface area contributed by atoms with Crippen LogP contribution in [-0.2, 0) is 14.3 Å². The molecule has 1 aromatic heterocycles. The van der Waals surface area contributed by atoms with Crippen LogP contribution in [0.1, 0.15) is 51.4 Å². The number of hydrogen-bond donors (Lipinski definition) is 2. The van der Waals surface area contributed by atoms with Crippen molar-refractivity contribution in [2.24, 2.45) is 0 Å². The maximum Gasteiger partial charge on any atom is 0.261 e. The Kier molecular flexibility index (Phi) is 8.81. The second-order valence-corrected chi connectivity index (χ2v) is 9.67. The molecule has 0 aliphatic carbocycles. The molecule has 2 aromatic carbocycles. The summed E-state index contributed by atoms with van der Waals surface area (Å²) in [4.78, 5) is 53.5. The van der Waals surface area contributed by atoms with E-state index in [0.717, 1.165) is 12.8 Å². The summed E-state index contributed by atoms with van der Waals surface area (Å²) in [6.07, 6.45) is 1.74. The molecule has 3 amide bonds. The number of benzene rings is 2. The molecule has 1 fully saturated rings. The normalized spacial score (nSPS) is 15.5. The van der Waals surface area contributed by atoms with Gasteiger partial charge in [-0.2, -0.15) is 0 Å². The molecular weight excluding hydrogens is 490 g/mol. The molecule has 2 N–H and O–H groups in total. The van der Waals surface area contributed by atoms with Gasteiger partial charge in [-0.15, -0.1) is 11.3 Å². The number of ketones is 1. The van der Waals surface area contributed by atoms with Gasteiger partial charge in [0.15, 0.2) is 5.78 Å². The van der Waals surface area contributed by atoms with Gasteiger partial charge >= 0.3 is 0 Å². The van der Waals surface area contributed by atoms with Crippen LogP contribution < -0.4 is 15.5 Å². The third-order valence-corrected chi connectivity index (χ3v) is 6.98. The minimum atomic E-state index is -1.00. The fraction of sp³-hybridized carbons (Fsp3) is 0.286. The van der Waals surface area contributed by atoms with E-state index in [9.17, 15) is 19.2 Å². The highest BCUT2D eigenvalue weighted by molar-refractivity contribution is 7.12. The first kappa shape index (κ1) is 26.2. The van der Waals surface area contributed by atoms with Gasteiger partial charge in [-0.3, -0.25) is 24.1 Å². The van der Waals surface area contributed by atoms with E-state index in [4.69, 9.17) is 4.74 Å². The Morgan fingerprint density at radius 3 is 2.38 bits per heavy atom. The van der Waals surface area contributed by atoms with Gasteiger partial charge in [0.1, 0.15) is 6.04 Å². The van der Waals surface area contributed by atoms with Gasteiger partial charge in [0, 0.05) is 24.4 Å². The molecule has 0 saturated carbocycles. The van der Waals surface area contributed by atoms with Crippen LogP contribution in [0.25, 0.3) is 0 Å². The molecule has 3 aromatic rings. The average Bonchev–Trinajstić information content (AvgIpc) is 3.64. The molecule has 0 bridgehead atoms. The van der Waals surface area contributed by atoms with E-state index >= 15 is 0 Å². The van der Waals surface area contributed by atoms with Gasteiger partial charge < -0.3 is 15.4 Å². The van der Waals surface area contributed by atoms with Gasteiger partial charge in [0.2, 0.25) is 11.8 Å². The van der Waals surface area contributed by atoms with Gasteiger partial charge in [0.05, 0.1) is 17.5 Å². The van der Waals surface area contributed by atoms with Crippen LogP contribution in [0.5, 0.6) is 0 Å². The predicted octanol–water partition coefficient (Wildman–Crippen LogP) is 3.75. The number of thiophene rings is 1. The van der Waals surface area contributed by atoms with Gasteiger partial charge in [-0.1, -0.05) is 36.4 Å². The maximum atomic E-state index is 13.7. The smallest absolute Gasteiger partial charge is 0.261 e. The summed E-state index contributed by atoms with van der Waals surface area (Å²) < 4.78 is 5.64. The Labute approximate surface area is 219 Å². The van der Waals surface area contributed by atoms with Crippen molar-refractivity contribution in [1.82, 2.24) is 10.6 Å². The summed E-state index contributed by atoms with van der Waals surface area (Å²) in [7, 11) is 0. The molecule has 9 heteroatoms. The van der Waals surface area contributed by atoms with Gasteiger partial charge in [-0.05, 0) is 61.0 Å². The van der Waals surface area contributed by atoms with Gasteiger partial charge in [0.25, 0.3) is 5.91 Å². The highest BCUT2D eigenvalue weighted by Crippen LogP contribution is 2.29. The lowest BCUT2D eigenvalue weighted by atomic mass is 10.0. The van der Waals surface area contributed by atoms with Crippen LogP contribution in [-0.4, -0.2) is 49.3 Å². The van der Waals surface area contributed by atoms with Gasteiger partial charge in [-0.25, -0.2) is 0 Å². The predicted molar refractivity (Wildman–Crippen MR) is 142 cm³/mol. The van der Waals surface area contributed by atoms with Crippen molar-refractivity contribution in [2.75, 3.05) is 24.6 Å². The van der Waals surface area contributed by atoms with Crippen molar-refractivity contribution in [3.05, 3.63) is 88.1 Å². The Bertz CT molecular complexity index is 1220. The molecule has 1 aliphatic heterocycles. The van der Waals surface area contributed by atoms with Crippen molar-refractivity contribution in [3.63, 3.8) is 0 Å². The van der Waals surface area contributed by atoms with Crippen LogP contribution in [0.2, 0.25) is 0 Å². The Morgan fingerprint density at radius 1 is 1.00 bits per heavy atom. The maximum absolute atomic E-state index is 13.7. The van der Waals surface area contributed by atoms with Crippen molar-refractivity contribution in [1.29, 1.82) is 0 Å². The zero-order chi connectivity index (χ0) is 26.2. The number of carbonyl (C=O) groups is 4. The summed E-state index contributed by atoms with van der Waals surface area (Å²) in [6.45, 7) is 2.15. The Morgan fingerprint density at radius 2 is 1.76 bits per heavy atom. The Hall–Kier alpha value is -3.82. The van der Waals surface area contributed by atoms with E-state index in [1.807, 2.05) is 6.07 Å². The molecule has 4 rings (SSSR count). The van der Waals surface area contributed by atoms with Crippen LogP contribution in [0.15, 0.2) is 72.1 Å². The summed E-state index contributed by atoms with van der Waals surface area (Å²) in [5.74, 6) is -1.31. The zero-order valence-corrected chi connectivity index (χ0v) is 21.3. The number of Topliss-reactive ketones (excluding diaryl/α,β-unsaturated/α-hetero) is 1. The van der Waals surface area contributed by atoms with Crippen LogP contribution >= 0.6 is 11.3 Å². The number of amides is 3. The fourth-order valence-electron chi connectivity index (χ4n) is 4.20. The highest BCUT2D eigenvalue weighted by atomic mass is 32.1. The summed E-state index contributed by atoms with van der Waals surface area (Å²) in [5.41, 5.74) is 1.53. The molecule has 37 heavy (non-hydrogen) atoms. The molecule has 2 atom stereocenters. The molecule has 0 radical (unpaired) electrons. The van der Waals surface area contributed by atoms with E-state index in [1.165, 1.54) is 23.2 Å². The first-order valence-electron chi connectivity index (χ1n) is 12.1. The standard InChI is InChI=1S/C28H29N3O5S/c1-19(32)20-11-13-22(14-12-20)31(25(33)18-30-27(34)24-10-6-16-37-24)26(21-7-3-2-4-8-21)28(35)29-17-23-9-5-15-36-23/h2-4,6-8,10-14,16,23,26H,5,9,15,17-18H2,1H3,(H,29,35)(H,30,34)/t23-,26+/m1/s1. The average molecular weight is 520 g/mol. The third kappa shape index (κ3) is 6.69. The highest BCUT2D eigenvalue weighted by Gasteiger charge is 2.33. The van der Waals surface area contributed by atoms with E-state index in [1.54, 1.807) is 66.0 Å². The molecule has 8 nitrogen and oxygen atoms in total. The van der Waals surface area contributed by atoms with Crippen molar-refractivity contribution in [2.45, 2.75) is 31.9 Å². The summed E-state index contributed by atoms with van der Waals surface area (Å²) in [5, 5.41) is 7.39. The van der Waals surface area contributed by atoms with E-state index in [-0.39, 0.29) is 30.2 Å². The first-order valence-corrected chi connectivity index (χ1v) is 13.0. The molecular formula is C28H29N3O5S. The van der Waals surface area contributed by atoms with Crippen LogP contribution in [0, 0.1) is 0 Å². The monoisotopic (exact) mass is 519 g/mol.